The fourth-order valence-electron chi connectivity index (χ4n) is 2.13. The first-order valence-electron chi connectivity index (χ1n) is 6.28. The van der Waals surface area contributed by atoms with Crippen molar-refractivity contribution >= 4 is 27.3 Å². The second-order valence-corrected chi connectivity index (χ2v) is 7.50. The van der Waals surface area contributed by atoms with Crippen LogP contribution in [0.25, 0.3) is 0 Å². The van der Waals surface area contributed by atoms with E-state index in [-0.39, 0.29) is 34.3 Å². The van der Waals surface area contributed by atoms with Crippen molar-refractivity contribution in [1.29, 1.82) is 0 Å². The Hall–Kier alpha value is -1.22. The molecule has 1 aromatic carbocycles. The summed E-state index contributed by atoms with van der Waals surface area (Å²) in [4.78, 5) is 10.1. The number of nitrogens with zero attached hydrogens (tertiary/aromatic N) is 2. The maximum absolute atomic E-state index is 12.4. The molecule has 1 aliphatic rings. The highest BCUT2D eigenvalue weighted by molar-refractivity contribution is 7.89. The second kappa shape index (κ2) is 5.20. The van der Waals surface area contributed by atoms with Crippen molar-refractivity contribution in [2.24, 2.45) is 0 Å². The van der Waals surface area contributed by atoms with E-state index >= 15 is 0 Å². The van der Waals surface area contributed by atoms with Gasteiger partial charge in [-0.25, -0.2) is 8.42 Å². The lowest BCUT2D eigenvalue weighted by Gasteiger charge is -2.44. The number of aliphatic hydroxyl groups is 1. The van der Waals surface area contributed by atoms with Crippen LogP contribution in [0.4, 0.5) is 5.69 Å². The molecule has 1 N–H and O–H groups in total. The molecule has 0 atom stereocenters. The summed E-state index contributed by atoms with van der Waals surface area (Å²) in [6, 6.07) is 2.20. The quantitative estimate of drug-likeness (QED) is 0.667. The molecular weight excluding hydrogens is 320 g/mol. The molecule has 0 aliphatic carbocycles. The average molecular weight is 335 g/mol. The number of rotatable bonds is 4. The molecule has 0 spiro atoms. The van der Waals surface area contributed by atoms with E-state index in [9.17, 15) is 23.6 Å². The first-order valence-corrected chi connectivity index (χ1v) is 8.09. The summed E-state index contributed by atoms with van der Waals surface area (Å²) < 4.78 is 25.9. The van der Waals surface area contributed by atoms with Gasteiger partial charge in [-0.3, -0.25) is 10.1 Å². The molecule has 1 saturated heterocycles. The van der Waals surface area contributed by atoms with E-state index in [1.54, 1.807) is 6.92 Å². The molecule has 0 radical (unpaired) electrons. The molecule has 0 amide bonds. The molecule has 1 fully saturated rings. The Kier molecular flexibility index (Phi) is 4.00. The minimum atomic E-state index is -3.89. The zero-order valence-corrected chi connectivity index (χ0v) is 13.1. The van der Waals surface area contributed by atoms with E-state index in [2.05, 4.69) is 0 Å². The van der Waals surface area contributed by atoms with Crippen molar-refractivity contribution in [2.75, 3.05) is 13.1 Å². The highest BCUT2D eigenvalue weighted by Gasteiger charge is 2.46. The third-order valence-electron chi connectivity index (χ3n) is 3.72. The van der Waals surface area contributed by atoms with Gasteiger partial charge in [0, 0.05) is 24.7 Å². The third kappa shape index (κ3) is 2.76. The lowest BCUT2D eigenvalue weighted by molar-refractivity contribution is -0.385. The smallest absolute Gasteiger partial charge is 0.275 e. The summed E-state index contributed by atoms with van der Waals surface area (Å²) >= 11 is 5.88. The normalized spacial score (nSPS) is 18.3. The van der Waals surface area contributed by atoms with Gasteiger partial charge in [0.05, 0.1) is 20.4 Å². The standard InChI is InChI=1S/C12H15ClN2O5S/c1-3-12(16)6-14(7-12)21(19,20)9-4-10(13)8(2)11(5-9)15(17)18/h4-5,16H,3,6-7H2,1-2H3. The zero-order valence-electron chi connectivity index (χ0n) is 11.5. The number of benzene rings is 1. The number of β-amino-alcohol motifs (C(OH)–C–C–N with tert-alkyl or cyclic N) is 1. The highest BCUT2D eigenvalue weighted by Crippen LogP contribution is 2.34. The maximum atomic E-state index is 12.4. The maximum Gasteiger partial charge on any atom is 0.275 e. The van der Waals surface area contributed by atoms with Gasteiger partial charge in [0.25, 0.3) is 5.69 Å². The van der Waals surface area contributed by atoms with Crippen molar-refractivity contribution in [2.45, 2.75) is 30.8 Å². The Bertz CT molecular complexity index is 698. The Morgan fingerprint density at radius 2 is 2.05 bits per heavy atom. The van der Waals surface area contributed by atoms with Gasteiger partial charge in [0.15, 0.2) is 0 Å². The van der Waals surface area contributed by atoms with Crippen LogP contribution in [-0.2, 0) is 10.0 Å². The predicted molar refractivity (Wildman–Crippen MR) is 76.8 cm³/mol. The SMILES string of the molecule is CCC1(O)CN(S(=O)(=O)c2cc(Cl)c(C)c([N+](=O)[O-])c2)C1. The van der Waals surface area contributed by atoms with Crippen molar-refractivity contribution in [3.8, 4) is 0 Å². The molecule has 21 heavy (non-hydrogen) atoms. The topological polar surface area (TPSA) is 101 Å². The van der Waals surface area contributed by atoms with Crippen LogP contribution in [0.15, 0.2) is 17.0 Å². The predicted octanol–water partition coefficient (Wildman–Crippen LogP) is 1.70. The number of halogens is 1. The van der Waals surface area contributed by atoms with Gasteiger partial charge < -0.3 is 5.11 Å². The summed E-state index contributed by atoms with van der Waals surface area (Å²) in [5.74, 6) is 0. The molecule has 0 bridgehead atoms. The van der Waals surface area contributed by atoms with E-state index in [0.717, 1.165) is 10.4 Å². The van der Waals surface area contributed by atoms with Gasteiger partial charge in [-0.2, -0.15) is 4.31 Å². The van der Waals surface area contributed by atoms with Gasteiger partial charge in [0.1, 0.15) is 0 Å². The second-order valence-electron chi connectivity index (χ2n) is 5.16. The minimum absolute atomic E-state index is 0.0223. The molecule has 7 nitrogen and oxygen atoms in total. The highest BCUT2D eigenvalue weighted by atomic mass is 35.5. The van der Waals surface area contributed by atoms with Crippen LogP contribution in [0.1, 0.15) is 18.9 Å². The molecule has 9 heteroatoms. The van der Waals surface area contributed by atoms with Gasteiger partial charge in [-0.05, 0) is 19.4 Å². The van der Waals surface area contributed by atoms with Crippen molar-refractivity contribution in [3.63, 3.8) is 0 Å². The summed E-state index contributed by atoms with van der Waals surface area (Å²) in [5.41, 5.74) is -1.14. The van der Waals surface area contributed by atoms with Crippen LogP contribution >= 0.6 is 11.6 Å². The average Bonchev–Trinajstić information content (AvgIpc) is 2.37. The molecule has 1 aliphatic heterocycles. The molecular formula is C12H15ClN2O5S. The molecule has 1 aromatic rings. The molecule has 0 unspecified atom stereocenters. The van der Waals surface area contributed by atoms with Crippen LogP contribution in [0.2, 0.25) is 5.02 Å². The lowest BCUT2D eigenvalue weighted by atomic mass is 9.94. The van der Waals surface area contributed by atoms with Gasteiger partial charge in [-0.15, -0.1) is 0 Å². The van der Waals surface area contributed by atoms with Crippen LogP contribution in [0.5, 0.6) is 0 Å². The van der Waals surface area contributed by atoms with E-state index in [1.807, 2.05) is 0 Å². The fraction of sp³-hybridized carbons (Fsp3) is 0.500. The van der Waals surface area contributed by atoms with Crippen molar-refractivity contribution in [1.82, 2.24) is 4.31 Å². The van der Waals surface area contributed by atoms with Crippen LogP contribution in [0, 0.1) is 17.0 Å². The Balaban J connectivity index is 2.41. The summed E-state index contributed by atoms with van der Waals surface area (Å²) in [6.07, 6.45) is 0.438. The van der Waals surface area contributed by atoms with Gasteiger partial charge in [-0.1, -0.05) is 18.5 Å². The Morgan fingerprint density at radius 3 is 2.52 bits per heavy atom. The van der Waals surface area contributed by atoms with Gasteiger partial charge in [0.2, 0.25) is 10.0 Å². The molecule has 0 aromatic heterocycles. The first kappa shape index (κ1) is 16.2. The van der Waals surface area contributed by atoms with Crippen LogP contribution in [0.3, 0.4) is 0 Å². The number of sulfonamides is 1. The van der Waals surface area contributed by atoms with E-state index in [4.69, 9.17) is 11.6 Å². The largest absolute Gasteiger partial charge is 0.387 e. The molecule has 2 rings (SSSR count). The van der Waals surface area contributed by atoms with E-state index in [0.29, 0.717) is 6.42 Å². The number of hydrogen-bond acceptors (Lipinski definition) is 5. The fourth-order valence-corrected chi connectivity index (χ4v) is 4.06. The third-order valence-corrected chi connectivity index (χ3v) is 5.89. The lowest BCUT2D eigenvalue weighted by Crippen LogP contribution is -2.62. The van der Waals surface area contributed by atoms with Gasteiger partial charge >= 0.3 is 0 Å². The first-order chi connectivity index (χ1) is 9.60. The number of nitro benzene ring substituents is 1. The summed E-state index contributed by atoms with van der Waals surface area (Å²) in [7, 11) is -3.89. The molecule has 116 valence electrons. The molecule has 1 heterocycles. The summed E-state index contributed by atoms with van der Waals surface area (Å²) in [5, 5.41) is 20.9. The number of nitro groups is 1. The summed E-state index contributed by atoms with van der Waals surface area (Å²) in [6.45, 7) is 3.17. The number of hydrogen-bond donors (Lipinski definition) is 1. The van der Waals surface area contributed by atoms with Crippen LogP contribution in [-0.4, -0.2) is 41.4 Å². The van der Waals surface area contributed by atoms with Crippen molar-refractivity contribution in [3.05, 3.63) is 32.8 Å². The monoisotopic (exact) mass is 334 g/mol. The minimum Gasteiger partial charge on any atom is -0.387 e. The molecule has 0 saturated carbocycles. The zero-order chi connectivity index (χ0) is 16.0. The Labute approximate surface area is 127 Å². The van der Waals surface area contributed by atoms with Crippen LogP contribution < -0.4 is 0 Å². The van der Waals surface area contributed by atoms with E-state index in [1.165, 1.54) is 13.0 Å². The Morgan fingerprint density at radius 1 is 1.48 bits per heavy atom. The van der Waals surface area contributed by atoms with Crippen molar-refractivity contribution < 1.29 is 18.4 Å². The van der Waals surface area contributed by atoms with E-state index < -0.39 is 20.5 Å².